The third-order valence-electron chi connectivity index (χ3n) is 5.41. The fourth-order valence-corrected chi connectivity index (χ4v) is 3.59. The average molecular weight is 400 g/mol. The van der Waals surface area contributed by atoms with Crippen molar-refractivity contribution < 1.29 is 14.6 Å². The fraction of sp³-hybridized carbons (Fsp3) is 0.560. The predicted molar refractivity (Wildman–Crippen MR) is 119 cm³/mol. The molecule has 0 amide bonds. The van der Waals surface area contributed by atoms with Gasteiger partial charge in [-0.2, -0.15) is 0 Å². The van der Waals surface area contributed by atoms with Gasteiger partial charge in [0.25, 0.3) is 0 Å². The molecule has 1 N–H and O–H groups in total. The first-order chi connectivity index (χ1) is 14.2. The van der Waals surface area contributed by atoms with E-state index in [-0.39, 0.29) is 11.7 Å². The van der Waals surface area contributed by atoms with Crippen LogP contribution >= 0.6 is 0 Å². The number of aliphatic hydroxyl groups excluding tert-OH is 1. The summed E-state index contributed by atoms with van der Waals surface area (Å²) in [4.78, 5) is 13.8. The third kappa shape index (κ3) is 9.31. The predicted octanol–water partition coefficient (Wildman–Crippen LogP) is 5.29. The van der Waals surface area contributed by atoms with E-state index < -0.39 is 0 Å². The molecule has 0 bridgehead atoms. The van der Waals surface area contributed by atoms with Crippen molar-refractivity contribution in [3.63, 3.8) is 0 Å². The first kappa shape index (κ1) is 23.2. The van der Waals surface area contributed by atoms with E-state index in [9.17, 15) is 4.79 Å². The molecule has 1 aliphatic heterocycles. The lowest BCUT2D eigenvalue weighted by molar-refractivity contribution is -0.114. The Kier molecular flexibility index (Phi) is 11.2. The molecule has 0 fully saturated rings. The first-order valence-corrected chi connectivity index (χ1v) is 11.1. The van der Waals surface area contributed by atoms with Gasteiger partial charge in [-0.1, -0.05) is 75.3 Å². The number of methoxy groups -OCH3 is 1. The van der Waals surface area contributed by atoms with E-state index in [1.807, 2.05) is 12.2 Å². The molecule has 0 aromatic heterocycles. The topological polar surface area (TPSA) is 49.8 Å². The van der Waals surface area contributed by atoms with Crippen molar-refractivity contribution in [2.45, 2.75) is 57.8 Å². The number of ketones is 1. The van der Waals surface area contributed by atoms with Crippen molar-refractivity contribution in [3.8, 4) is 0 Å². The van der Waals surface area contributed by atoms with Crippen molar-refractivity contribution in [1.82, 2.24) is 4.90 Å². The number of carbonyl (C=O) groups excluding carboxylic acids is 1. The number of nitrogens with zero attached hydrogens (tertiary/aromatic N) is 1. The molecule has 0 radical (unpaired) electrons. The summed E-state index contributed by atoms with van der Waals surface area (Å²) in [5, 5.41) is 8.76. The van der Waals surface area contributed by atoms with Crippen LogP contribution in [0.2, 0.25) is 0 Å². The third-order valence-corrected chi connectivity index (χ3v) is 5.41. The molecule has 2 aliphatic rings. The Balaban J connectivity index is 1.55. The van der Waals surface area contributed by atoms with E-state index in [1.165, 1.54) is 58.5 Å². The minimum Gasteiger partial charge on any atom is -0.493 e. The molecule has 1 atom stereocenters. The molecule has 160 valence electrons. The highest BCUT2D eigenvalue weighted by molar-refractivity contribution is 6.03. The highest BCUT2D eigenvalue weighted by Crippen LogP contribution is 2.19. The number of rotatable bonds is 14. The standard InChI is InChI=1S/C25H37NO3/c1-29-25-21-23(13-14-24(25)28)12-11-22-15-18-26(19-16-22)17-9-7-5-3-2-4-6-8-10-20-27/h11-16,18-19,21-23,27H,2-10,17,20H2,1H3/b12-11+. The Morgan fingerprint density at radius 1 is 0.897 bits per heavy atom. The zero-order valence-electron chi connectivity index (χ0n) is 17.8. The fourth-order valence-electron chi connectivity index (χ4n) is 3.59. The highest BCUT2D eigenvalue weighted by Gasteiger charge is 2.14. The molecule has 0 spiro atoms. The number of aliphatic hydroxyl groups is 1. The monoisotopic (exact) mass is 399 g/mol. The second-order valence-electron chi connectivity index (χ2n) is 7.82. The Bertz CT molecular complexity index is 616. The van der Waals surface area contributed by atoms with Gasteiger partial charge in [0.05, 0.1) is 7.11 Å². The van der Waals surface area contributed by atoms with Crippen LogP contribution in [0, 0.1) is 11.8 Å². The smallest absolute Gasteiger partial charge is 0.219 e. The number of hydrogen-bond donors (Lipinski definition) is 1. The van der Waals surface area contributed by atoms with Gasteiger partial charge in [-0.15, -0.1) is 0 Å². The van der Waals surface area contributed by atoms with Crippen LogP contribution in [0.1, 0.15) is 57.8 Å². The number of carbonyl (C=O) groups is 1. The van der Waals surface area contributed by atoms with Gasteiger partial charge in [0.2, 0.25) is 5.78 Å². The Hall–Kier alpha value is -2.07. The molecule has 0 saturated heterocycles. The quantitative estimate of drug-likeness (QED) is 0.318. The number of allylic oxidation sites excluding steroid dienone is 7. The van der Waals surface area contributed by atoms with E-state index in [2.05, 4.69) is 41.6 Å². The van der Waals surface area contributed by atoms with Crippen LogP contribution in [0.5, 0.6) is 0 Å². The molecular weight excluding hydrogens is 362 g/mol. The van der Waals surface area contributed by atoms with E-state index in [4.69, 9.17) is 9.84 Å². The SMILES string of the molecule is COC1=CC(/C=C/C2C=CN(CCCCCCCCCCCO)C=C2)C=CC1=O. The number of hydrogen-bond acceptors (Lipinski definition) is 4. The van der Waals surface area contributed by atoms with Crippen molar-refractivity contribution in [2.75, 3.05) is 20.3 Å². The molecule has 4 heteroatoms. The summed E-state index contributed by atoms with van der Waals surface area (Å²) in [6.07, 6.45) is 29.6. The van der Waals surface area contributed by atoms with Crippen LogP contribution in [0.25, 0.3) is 0 Å². The van der Waals surface area contributed by atoms with Gasteiger partial charge >= 0.3 is 0 Å². The lowest BCUT2D eigenvalue weighted by atomic mass is 9.98. The average Bonchev–Trinajstić information content (AvgIpc) is 2.75. The van der Waals surface area contributed by atoms with Crippen LogP contribution in [0.4, 0.5) is 0 Å². The maximum Gasteiger partial charge on any atom is 0.219 e. The lowest BCUT2D eigenvalue weighted by Crippen LogP contribution is -2.15. The minimum absolute atomic E-state index is 0.0664. The van der Waals surface area contributed by atoms with Gasteiger partial charge in [0.1, 0.15) is 0 Å². The van der Waals surface area contributed by atoms with Crippen LogP contribution in [0.3, 0.4) is 0 Å². The number of ether oxygens (including phenoxy) is 1. The van der Waals surface area contributed by atoms with E-state index in [0.717, 1.165) is 13.0 Å². The second-order valence-corrected chi connectivity index (χ2v) is 7.82. The van der Waals surface area contributed by atoms with Crippen molar-refractivity contribution in [2.24, 2.45) is 11.8 Å². The molecule has 0 aromatic carbocycles. The van der Waals surface area contributed by atoms with Crippen molar-refractivity contribution in [3.05, 3.63) is 60.7 Å². The summed E-state index contributed by atoms with van der Waals surface area (Å²) >= 11 is 0. The summed E-state index contributed by atoms with van der Waals surface area (Å²) in [5.41, 5.74) is 0. The molecule has 29 heavy (non-hydrogen) atoms. The van der Waals surface area contributed by atoms with Gasteiger partial charge in [0, 0.05) is 37.4 Å². The van der Waals surface area contributed by atoms with Crippen LogP contribution in [-0.2, 0) is 9.53 Å². The molecule has 1 unspecified atom stereocenters. The van der Waals surface area contributed by atoms with Gasteiger partial charge < -0.3 is 14.7 Å². The molecule has 4 nitrogen and oxygen atoms in total. The largest absolute Gasteiger partial charge is 0.493 e. The van der Waals surface area contributed by atoms with Gasteiger partial charge in [-0.05, 0) is 25.0 Å². The van der Waals surface area contributed by atoms with Crippen LogP contribution in [-0.4, -0.2) is 36.1 Å². The molecular formula is C25H37NO3. The first-order valence-electron chi connectivity index (χ1n) is 11.1. The maximum absolute atomic E-state index is 11.6. The minimum atomic E-state index is -0.0664. The van der Waals surface area contributed by atoms with Crippen LogP contribution in [0.15, 0.2) is 60.7 Å². The Labute approximate surface area is 176 Å². The lowest BCUT2D eigenvalue weighted by Gasteiger charge is -2.20. The highest BCUT2D eigenvalue weighted by atomic mass is 16.5. The molecule has 0 saturated carbocycles. The summed E-state index contributed by atoms with van der Waals surface area (Å²) in [6.45, 7) is 1.41. The molecule has 0 aromatic rings. The molecule has 1 heterocycles. The summed E-state index contributed by atoms with van der Waals surface area (Å²) < 4.78 is 5.11. The van der Waals surface area contributed by atoms with Gasteiger partial charge in [0.15, 0.2) is 5.76 Å². The summed E-state index contributed by atoms with van der Waals surface area (Å²) in [7, 11) is 1.53. The van der Waals surface area contributed by atoms with Crippen LogP contribution < -0.4 is 0 Å². The van der Waals surface area contributed by atoms with Gasteiger partial charge in [-0.3, -0.25) is 4.79 Å². The van der Waals surface area contributed by atoms with E-state index >= 15 is 0 Å². The molecule has 1 aliphatic carbocycles. The van der Waals surface area contributed by atoms with Gasteiger partial charge in [-0.25, -0.2) is 0 Å². The molecule has 2 rings (SSSR count). The van der Waals surface area contributed by atoms with Crippen molar-refractivity contribution in [1.29, 1.82) is 0 Å². The second kappa shape index (κ2) is 14.0. The summed E-state index contributed by atoms with van der Waals surface area (Å²) in [5.74, 6) is 0.757. The Morgan fingerprint density at radius 3 is 2.10 bits per heavy atom. The van der Waals surface area contributed by atoms with Crippen molar-refractivity contribution >= 4 is 5.78 Å². The number of unbranched alkanes of at least 4 members (excludes halogenated alkanes) is 8. The summed E-state index contributed by atoms with van der Waals surface area (Å²) in [6, 6.07) is 0. The van der Waals surface area contributed by atoms with E-state index in [0.29, 0.717) is 18.3 Å². The Morgan fingerprint density at radius 2 is 1.48 bits per heavy atom. The zero-order chi connectivity index (χ0) is 20.7. The normalized spacial score (nSPS) is 19.4. The van der Waals surface area contributed by atoms with E-state index in [1.54, 1.807) is 6.08 Å². The maximum atomic E-state index is 11.6. The zero-order valence-corrected chi connectivity index (χ0v) is 17.8.